The third-order valence-electron chi connectivity index (χ3n) is 4.00. The molecular weight excluding hydrogens is 313 g/mol. The minimum Gasteiger partial charge on any atom is -0.274 e. The van der Waals surface area contributed by atoms with Crippen molar-refractivity contribution in [2.75, 3.05) is 4.90 Å². The number of imide groups is 1. The lowest BCUT2D eigenvalue weighted by Gasteiger charge is -2.19. The average Bonchev–Trinajstić information content (AvgIpc) is 2.66. The monoisotopic (exact) mass is 325 g/mol. The van der Waals surface area contributed by atoms with Gasteiger partial charge in [0.15, 0.2) is 0 Å². The summed E-state index contributed by atoms with van der Waals surface area (Å²) in [5, 5.41) is 0. The van der Waals surface area contributed by atoms with Crippen molar-refractivity contribution < 1.29 is 14.0 Å². The Balaban J connectivity index is 1.98. The molecule has 0 radical (unpaired) electrons. The van der Waals surface area contributed by atoms with Gasteiger partial charge in [-0.25, -0.2) is 9.29 Å². The number of halogens is 2. The Kier molecular flexibility index (Phi) is 3.17. The predicted molar refractivity (Wildman–Crippen MR) is 72.0 cm³/mol. The summed E-state index contributed by atoms with van der Waals surface area (Å²) in [6.07, 6.45) is 3.51. The summed E-state index contributed by atoms with van der Waals surface area (Å²) in [5.41, 5.74) is 0.338. The van der Waals surface area contributed by atoms with Gasteiger partial charge in [-0.15, -0.1) is 0 Å². The Bertz CT molecular complexity index is 536. The summed E-state index contributed by atoms with van der Waals surface area (Å²) in [6, 6.07) is 4.35. The molecule has 0 bridgehead atoms. The van der Waals surface area contributed by atoms with Crippen LogP contribution in [0.3, 0.4) is 0 Å². The summed E-state index contributed by atoms with van der Waals surface area (Å²) < 4.78 is 13.9. The van der Waals surface area contributed by atoms with Gasteiger partial charge in [0.05, 0.1) is 22.0 Å². The first-order chi connectivity index (χ1) is 9.09. The maximum Gasteiger partial charge on any atom is 0.237 e. The number of benzene rings is 1. The van der Waals surface area contributed by atoms with E-state index in [1.807, 2.05) is 0 Å². The fourth-order valence-electron chi connectivity index (χ4n) is 3.04. The van der Waals surface area contributed by atoms with E-state index >= 15 is 0 Å². The van der Waals surface area contributed by atoms with Crippen LogP contribution in [0.15, 0.2) is 22.7 Å². The molecule has 3 nitrogen and oxygen atoms in total. The molecule has 1 saturated carbocycles. The number of hydrogen-bond donors (Lipinski definition) is 0. The Morgan fingerprint density at radius 2 is 1.68 bits per heavy atom. The van der Waals surface area contributed by atoms with Crippen molar-refractivity contribution in [1.29, 1.82) is 0 Å². The molecule has 1 saturated heterocycles. The molecular formula is C14H13BrFNO2. The first kappa shape index (κ1) is 12.8. The quantitative estimate of drug-likeness (QED) is 0.743. The topological polar surface area (TPSA) is 37.4 Å². The van der Waals surface area contributed by atoms with Crippen LogP contribution in [0, 0.1) is 17.7 Å². The SMILES string of the molecule is O=C1C2CCCCC2C(=O)N1c1ccc(Br)c(F)c1. The summed E-state index contributed by atoms with van der Waals surface area (Å²) in [6.45, 7) is 0. The second kappa shape index (κ2) is 4.71. The van der Waals surface area contributed by atoms with E-state index in [1.165, 1.54) is 12.1 Å². The molecule has 1 aromatic carbocycles. The van der Waals surface area contributed by atoms with Crippen LogP contribution in [0.25, 0.3) is 0 Å². The normalized spacial score (nSPS) is 26.7. The van der Waals surface area contributed by atoms with Gasteiger partial charge in [0.1, 0.15) is 5.82 Å². The minimum atomic E-state index is -0.465. The van der Waals surface area contributed by atoms with Crippen LogP contribution >= 0.6 is 15.9 Å². The fourth-order valence-corrected chi connectivity index (χ4v) is 3.29. The standard InChI is InChI=1S/C14H13BrFNO2/c15-11-6-5-8(7-12(11)16)17-13(18)9-3-1-2-4-10(9)14(17)19/h5-7,9-10H,1-4H2. The highest BCUT2D eigenvalue weighted by atomic mass is 79.9. The molecule has 0 aromatic heterocycles. The van der Waals surface area contributed by atoms with Crippen molar-refractivity contribution in [2.45, 2.75) is 25.7 Å². The van der Waals surface area contributed by atoms with E-state index in [1.54, 1.807) is 6.07 Å². The smallest absolute Gasteiger partial charge is 0.237 e. The van der Waals surface area contributed by atoms with Gasteiger partial charge in [0.2, 0.25) is 11.8 Å². The number of rotatable bonds is 1. The van der Waals surface area contributed by atoms with Crippen LogP contribution in [0.5, 0.6) is 0 Å². The molecule has 2 unspecified atom stereocenters. The van der Waals surface area contributed by atoms with Gasteiger partial charge < -0.3 is 0 Å². The third-order valence-corrected chi connectivity index (χ3v) is 4.65. The van der Waals surface area contributed by atoms with Gasteiger partial charge in [0, 0.05) is 0 Å². The second-order valence-electron chi connectivity index (χ2n) is 5.11. The highest BCUT2D eigenvalue weighted by Gasteiger charge is 2.48. The van der Waals surface area contributed by atoms with Crippen molar-refractivity contribution >= 4 is 33.4 Å². The number of carbonyl (C=O) groups is 2. The van der Waals surface area contributed by atoms with Crippen molar-refractivity contribution in [3.63, 3.8) is 0 Å². The maximum atomic E-state index is 13.6. The van der Waals surface area contributed by atoms with Gasteiger partial charge in [-0.1, -0.05) is 12.8 Å². The summed E-state index contributed by atoms with van der Waals surface area (Å²) >= 11 is 3.07. The van der Waals surface area contributed by atoms with Gasteiger partial charge >= 0.3 is 0 Å². The maximum absolute atomic E-state index is 13.6. The van der Waals surface area contributed by atoms with E-state index in [2.05, 4.69) is 15.9 Å². The van der Waals surface area contributed by atoms with Crippen molar-refractivity contribution in [2.24, 2.45) is 11.8 Å². The minimum absolute atomic E-state index is 0.170. The van der Waals surface area contributed by atoms with E-state index in [0.29, 0.717) is 10.2 Å². The molecule has 100 valence electrons. The second-order valence-corrected chi connectivity index (χ2v) is 5.96. The molecule has 1 aromatic rings. The molecule has 5 heteroatoms. The van der Waals surface area contributed by atoms with Gasteiger partial charge in [-0.2, -0.15) is 0 Å². The Hall–Kier alpha value is -1.23. The molecule has 1 aliphatic carbocycles. The van der Waals surface area contributed by atoms with Gasteiger partial charge in [-0.05, 0) is 47.0 Å². The summed E-state index contributed by atoms with van der Waals surface area (Å²) in [7, 11) is 0. The fraction of sp³-hybridized carbons (Fsp3) is 0.429. The molecule has 1 heterocycles. The average molecular weight is 326 g/mol. The van der Waals surface area contributed by atoms with Crippen LogP contribution in [0.4, 0.5) is 10.1 Å². The molecule has 1 aliphatic heterocycles. The molecule has 0 spiro atoms. The first-order valence-corrected chi connectivity index (χ1v) is 7.22. The lowest BCUT2D eigenvalue weighted by molar-refractivity contribution is -0.122. The Labute approximate surface area is 118 Å². The molecule has 0 N–H and O–H groups in total. The van der Waals surface area contributed by atoms with E-state index < -0.39 is 5.82 Å². The van der Waals surface area contributed by atoms with Gasteiger partial charge in [-0.3, -0.25) is 9.59 Å². The molecule has 2 fully saturated rings. The lowest BCUT2D eigenvalue weighted by Crippen LogP contribution is -2.30. The van der Waals surface area contributed by atoms with Crippen molar-refractivity contribution in [3.05, 3.63) is 28.5 Å². The van der Waals surface area contributed by atoms with Crippen LogP contribution in [-0.4, -0.2) is 11.8 Å². The predicted octanol–water partition coefficient (Wildman–Crippen LogP) is 3.27. The van der Waals surface area contributed by atoms with Crippen LogP contribution in [-0.2, 0) is 9.59 Å². The largest absolute Gasteiger partial charge is 0.274 e. The zero-order valence-electron chi connectivity index (χ0n) is 10.2. The van der Waals surface area contributed by atoms with E-state index in [-0.39, 0.29) is 23.7 Å². The van der Waals surface area contributed by atoms with E-state index in [4.69, 9.17) is 0 Å². The number of amides is 2. The van der Waals surface area contributed by atoms with Crippen LogP contribution in [0.1, 0.15) is 25.7 Å². The van der Waals surface area contributed by atoms with Crippen molar-refractivity contribution in [1.82, 2.24) is 0 Å². The molecule has 19 heavy (non-hydrogen) atoms. The van der Waals surface area contributed by atoms with Crippen molar-refractivity contribution in [3.8, 4) is 0 Å². The number of nitrogens with zero attached hydrogens (tertiary/aromatic N) is 1. The molecule has 3 rings (SSSR count). The summed E-state index contributed by atoms with van der Waals surface area (Å²) in [5.74, 6) is -1.21. The number of carbonyl (C=O) groups excluding carboxylic acids is 2. The summed E-state index contributed by atoms with van der Waals surface area (Å²) in [4.78, 5) is 25.8. The number of fused-ring (bicyclic) bond motifs is 1. The van der Waals surface area contributed by atoms with E-state index in [0.717, 1.165) is 30.6 Å². The van der Waals surface area contributed by atoms with Gasteiger partial charge in [0.25, 0.3) is 0 Å². The lowest BCUT2D eigenvalue weighted by atomic mass is 9.81. The zero-order valence-corrected chi connectivity index (χ0v) is 11.8. The number of anilines is 1. The molecule has 2 atom stereocenters. The van der Waals surface area contributed by atoms with E-state index in [9.17, 15) is 14.0 Å². The highest BCUT2D eigenvalue weighted by molar-refractivity contribution is 9.10. The zero-order chi connectivity index (χ0) is 13.6. The molecule has 2 aliphatic rings. The number of hydrogen-bond acceptors (Lipinski definition) is 2. The molecule has 2 amide bonds. The third kappa shape index (κ3) is 2.00. The Morgan fingerprint density at radius 3 is 2.21 bits per heavy atom. The van der Waals surface area contributed by atoms with Crippen LogP contribution < -0.4 is 4.90 Å². The Morgan fingerprint density at radius 1 is 1.11 bits per heavy atom. The highest BCUT2D eigenvalue weighted by Crippen LogP contribution is 2.40. The first-order valence-electron chi connectivity index (χ1n) is 6.42. The van der Waals surface area contributed by atoms with Crippen LogP contribution in [0.2, 0.25) is 0 Å².